The highest BCUT2D eigenvalue weighted by atomic mass is 35.5. The van der Waals surface area contributed by atoms with E-state index in [1.165, 1.54) is 0 Å². The van der Waals surface area contributed by atoms with E-state index in [0.29, 0.717) is 11.1 Å². The van der Waals surface area contributed by atoms with Crippen LogP contribution < -0.4 is 0 Å². The number of hydrogen-bond donors (Lipinski definition) is 0. The van der Waals surface area contributed by atoms with Crippen LogP contribution in [0.25, 0.3) is 0 Å². The number of ketones is 1. The molecule has 2 heterocycles. The highest BCUT2D eigenvalue weighted by molar-refractivity contribution is 6.08. The van der Waals surface area contributed by atoms with Crippen molar-refractivity contribution in [2.24, 2.45) is 0 Å². The minimum absolute atomic E-state index is 0. The molecule has 0 saturated carbocycles. The second-order valence-corrected chi connectivity index (χ2v) is 2.80. The van der Waals surface area contributed by atoms with Gasteiger partial charge in [0.25, 0.3) is 0 Å². The molecule has 3 nitrogen and oxygen atoms in total. The van der Waals surface area contributed by atoms with Crippen LogP contribution in [-0.4, -0.2) is 15.8 Å². The Hall–Kier alpha value is -1.74. The van der Waals surface area contributed by atoms with E-state index >= 15 is 0 Å². The average Bonchev–Trinajstić information content (AvgIpc) is 2.30. The molecule has 0 atom stereocenters. The number of aromatic nitrogens is 2. The number of nitrogens with zero attached hydrogens (tertiary/aromatic N) is 2. The minimum atomic E-state index is -0.00481. The van der Waals surface area contributed by atoms with Crippen LogP contribution in [0.1, 0.15) is 15.9 Å². The summed E-state index contributed by atoms with van der Waals surface area (Å²) in [6.45, 7) is 0. The Labute approximate surface area is 93.6 Å². The maximum atomic E-state index is 11.8. The maximum absolute atomic E-state index is 11.8. The fraction of sp³-hybridized carbons (Fsp3) is 0. The predicted molar refractivity (Wildman–Crippen MR) is 59.2 cm³/mol. The molecular formula is C11H9ClN2O. The molecule has 0 aliphatic rings. The highest BCUT2D eigenvalue weighted by Gasteiger charge is 2.06. The molecule has 0 N–H and O–H groups in total. The Bertz CT molecular complexity index is 389. The largest absolute Gasteiger partial charge is 0.289 e. The first-order valence-electron chi connectivity index (χ1n) is 4.22. The van der Waals surface area contributed by atoms with Gasteiger partial charge in [0.05, 0.1) is 0 Å². The molecule has 0 amide bonds. The summed E-state index contributed by atoms with van der Waals surface area (Å²) in [6.07, 6.45) is 6.42. The summed E-state index contributed by atoms with van der Waals surface area (Å²) < 4.78 is 0. The van der Waals surface area contributed by atoms with Gasteiger partial charge in [-0.05, 0) is 24.3 Å². The fourth-order valence-corrected chi connectivity index (χ4v) is 1.17. The van der Waals surface area contributed by atoms with E-state index in [1.54, 1.807) is 49.1 Å². The first-order valence-corrected chi connectivity index (χ1v) is 4.22. The van der Waals surface area contributed by atoms with Gasteiger partial charge in [-0.2, -0.15) is 0 Å². The second-order valence-electron chi connectivity index (χ2n) is 2.80. The number of carbonyl (C=O) groups excluding carboxylic acids is 1. The summed E-state index contributed by atoms with van der Waals surface area (Å²) >= 11 is 0. The van der Waals surface area contributed by atoms with E-state index in [0.717, 1.165) is 0 Å². The lowest BCUT2D eigenvalue weighted by atomic mass is 10.1. The Morgan fingerprint density at radius 1 is 0.800 bits per heavy atom. The van der Waals surface area contributed by atoms with Crippen LogP contribution in [0, 0.1) is 0 Å². The molecule has 0 aliphatic heterocycles. The molecule has 0 radical (unpaired) electrons. The van der Waals surface area contributed by atoms with Crippen LogP contribution in [0.3, 0.4) is 0 Å². The molecule has 0 fully saturated rings. The SMILES string of the molecule is Cl.O=C(c1ccncc1)c1ccncc1. The van der Waals surface area contributed by atoms with Crippen molar-refractivity contribution in [1.82, 2.24) is 9.97 Å². The normalized spacial score (nSPS) is 9.07. The summed E-state index contributed by atoms with van der Waals surface area (Å²) in [6, 6.07) is 6.79. The highest BCUT2D eigenvalue weighted by Crippen LogP contribution is 2.06. The first-order chi connectivity index (χ1) is 6.88. The van der Waals surface area contributed by atoms with Crippen LogP contribution in [0.5, 0.6) is 0 Å². The minimum Gasteiger partial charge on any atom is -0.289 e. The van der Waals surface area contributed by atoms with Crippen molar-refractivity contribution in [1.29, 1.82) is 0 Å². The molecule has 2 aromatic heterocycles. The Balaban J connectivity index is 0.00000112. The average molecular weight is 221 g/mol. The Kier molecular flexibility index (Phi) is 3.94. The topological polar surface area (TPSA) is 42.9 Å². The van der Waals surface area contributed by atoms with Crippen molar-refractivity contribution < 1.29 is 4.79 Å². The van der Waals surface area contributed by atoms with Crippen molar-refractivity contribution in [3.63, 3.8) is 0 Å². The third-order valence-electron chi connectivity index (χ3n) is 1.89. The van der Waals surface area contributed by atoms with Crippen LogP contribution in [-0.2, 0) is 0 Å². The number of carbonyl (C=O) groups is 1. The second kappa shape index (κ2) is 5.22. The molecule has 2 rings (SSSR count). The fourth-order valence-electron chi connectivity index (χ4n) is 1.17. The molecule has 2 aromatic rings. The van der Waals surface area contributed by atoms with Gasteiger partial charge in [-0.3, -0.25) is 14.8 Å². The summed E-state index contributed by atoms with van der Waals surface area (Å²) in [5.41, 5.74) is 1.29. The van der Waals surface area contributed by atoms with Gasteiger partial charge in [0.15, 0.2) is 5.78 Å². The number of pyridine rings is 2. The molecule has 0 saturated heterocycles. The van der Waals surface area contributed by atoms with Gasteiger partial charge in [-0.1, -0.05) is 0 Å². The monoisotopic (exact) mass is 220 g/mol. The van der Waals surface area contributed by atoms with Gasteiger partial charge in [0.1, 0.15) is 0 Å². The van der Waals surface area contributed by atoms with E-state index in [-0.39, 0.29) is 18.2 Å². The van der Waals surface area contributed by atoms with Gasteiger partial charge in [0.2, 0.25) is 0 Å². The Morgan fingerprint density at radius 2 is 1.13 bits per heavy atom. The molecule has 76 valence electrons. The molecule has 0 aliphatic carbocycles. The van der Waals surface area contributed by atoms with E-state index in [4.69, 9.17) is 0 Å². The van der Waals surface area contributed by atoms with E-state index in [1.807, 2.05) is 0 Å². The zero-order valence-corrected chi connectivity index (χ0v) is 8.65. The molecule has 0 aromatic carbocycles. The maximum Gasteiger partial charge on any atom is 0.193 e. The summed E-state index contributed by atoms with van der Waals surface area (Å²) in [5.74, 6) is -0.00481. The summed E-state index contributed by atoms with van der Waals surface area (Å²) in [4.78, 5) is 19.5. The molecular weight excluding hydrogens is 212 g/mol. The van der Waals surface area contributed by atoms with Crippen LogP contribution in [0.4, 0.5) is 0 Å². The van der Waals surface area contributed by atoms with E-state index in [2.05, 4.69) is 9.97 Å². The lowest BCUT2D eigenvalue weighted by Crippen LogP contribution is -2.00. The standard InChI is InChI=1S/C11H8N2O.ClH/c14-11(9-1-5-12-6-2-9)10-3-7-13-8-4-10;/h1-8H;1H. The summed E-state index contributed by atoms with van der Waals surface area (Å²) in [5, 5.41) is 0. The van der Waals surface area contributed by atoms with Gasteiger partial charge >= 0.3 is 0 Å². The molecule has 15 heavy (non-hydrogen) atoms. The first kappa shape index (κ1) is 11.3. The number of hydrogen-bond acceptors (Lipinski definition) is 3. The van der Waals surface area contributed by atoms with Crippen LogP contribution in [0.2, 0.25) is 0 Å². The van der Waals surface area contributed by atoms with Crippen molar-refractivity contribution in [3.8, 4) is 0 Å². The zero-order valence-electron chi connectivity index (χ0n) is 7.83. The number of halogens is 1. The van der Waals surface area contributed by atoms with E-state index < -0.39 is 0 Å². The van der Waals surface area contributed by atoms with Gasteiger partial charge in [-0.15, -0.1) is 12.4 Å². The smallest absolute Gasteiger partial charge is 0.193 e. The Morgan fingerprint density at radius 3 is 1.47 bits per heavy atom. The number of rotatable bonds is 2. The zero-order chi connectivity index (χ0) is 9.80. The van der Waals surface area contributed by atoms with Crippen molar-refractivity contribution in [2.75, 3.05) is 0 Å². The van der Waals surface area contributed by atoms with Crippen molar-refractivity contribution >= 4 is 18.2 Å². The predicted octanol–water partition coefficient (Wildman–Crippen LogP) is 2.13. The molecule has 0 unspecified atom stereocenters. The molecule has 0 bridgehead atoms. The lowest BCUT2D eigenvalue weighted by Gasteiger charge is -1.98. The third kappa shape index (κ3) is 2.60. The quantitative estimate of drug-likeness (QED) is 0.729. The molecule has 0 spiro atoms. The third-order valence-corrected chi connectivity index (χ3v) is 1.89. The lowest BCUT2D eigenvalue weighted by molar-refractivity contribution is 0.103. The van der Waals surface area contributed by atoms with Gasteiger partial charge in [0, 0.05) is 35.9 Å². The van der Waals surface area contributed by atoms with Crippen molar-refractivity contribution in [2.45, 2.75) is 0 Å². The van der Waals surface area contributed by atoms with Gasteiger partial charge in [-0.25, -0.2) is 0 Å². The van der Waals surface area contributed by atoms with Gasteiger partial charge < -0.3 is 0 Å². The van der Waals surface area contributed by atoms with Crippen molar-refractivity contribution in [3.05, 3.63) is 60.2 Å². The van der Waals surface area contributed by atoms with E-state index in [9.17, 15) is 4.79 Å². The summed E-state index contributed by atoms with van der Waals surface area (Å²) in [7, 11) is 0. The van der Waals surface area contributed by atoms with Crippen LogP contribution in [0.15, 0.2) is 49.1 Å². The molecule has 4 heteroatoms. The van der Waals surface area contributed by atoms with Crippen LogP contribution >= 0.6 is 12.4 Å².